The molecule has 6 nitrogen and oxygen atoms in total. The van der Waals surface area contributed by atoms with Crippen LogP contribution in [0.5, 0.6) is 0 Å². The molecule has 1 fully saturated rings. The lowest BCUT2D eigenvalue weighted by Gasteiger charge is -2.29. The van der Waals surface area contributed by atoms with Gasteiger partial charge < -0.3 is 15.1 Å². The number of nitrogens with one attached hydrogen (secondary N) is 1. The molecule has 0 spiro atoms. The summed E-state index contributed by atoms with van der Waals surface area (Å²) < 4.78 is 0. The fourth-order valence-electron chi connectivity index (χ4n) is 4.26. The van der Waals surface area contributed by atoms with Crippen LogP contribution >= 0.6 is 0 Å². The van der Waals surface area contributed by atoms with E-state index in [9.17, 15) is 4.79 Å². The number of para-hydroxylation sites is 1. The Morgan fingerprint density at radius 1 is 0.867 bits per heavy atom. The molecular formula is C24H25N5O. The summed E-state index contributed by atoms with van der Waals surface area (Å²) in [6, 6.07) is 16.4. The van der Waals surface area contributed by atoms with Crippen LogP contribution in [0.3, 0.4) is 0 Å². The molecule has 2 aliphatic rings. The molecule has 1 aromatic heterocycles. The molecule has 30 heavy (non-hydrogen) atoms. The second-order valence-corrected chi connectivity index (χ2v) is 7.84. The van der Waals surface area contributed by atoms with Gasteiger partial charge in [-0.25, -0.2) is 9.97 Å². The maximum absolute atomic E-state index is 13.0. The minimum Gasteiger partial charge on any atom is -0.372 e. The fraction of sp³-hybridized carbons (Fsp3) is 0.292. The Morgan fingerprint density at radius 3 is 2.43 bits per heavy atom. The number of nitrogens with zero attached hydrogens (tertiary/aromatic N) is 4. The molecule has 6 heteroatoms. The zero-order chi connectivity index (χ0) is 20.3. The molecule has 0 radical (unpaired) electrons. The zero-order valence-corrected chi connectivity index (χ0v) is 16.9. The van der Waals surface area contributed by atoms with Gasteiger partial charge in [0.05, 0.1) is 12.4 Å². The van der Waals surface area contributed by atoms with E-state index in [0.29, 0.717) is 18.1 Å². The molecule has 2 aromatic carbocycles. The van der Waals surface area contributed by atoms with Gasteiger partial charge in [0.1, 0.15) is 11.5 Å². The van der Waals surface area contributed by atoms with E-state index in [1.807, 2.05) is 23.1 Å². The minimum absolute atomic E-state index is 0.101. The molecule has 2 aliphatic heterocycles. The number of benzene rings is 2. The highest BCUT2D eigenvalue weighted by molar-refractivity contribution is 6.05. The Morgan fingerprint density at radius 2 is 1.67 bits per heavy atom. The molecule has 0 atom stereocenters. The average molecular weight is 399 g/mol. The normalized spacial score (nSPS) is 15.7. The number of carbonyl (C=O) groups is 1. The predicted octanol–water partition coefficient (Wildman–Crippen LogP) is 4.41. The number of hydrogen-bond donors (Lipinski definition) is 1. The molecule has 3 heterocycles. The third kappa shape index (κ3) is 3.73. The topological polar surface area (TPSA) is 61.4 Å². The Balaban J connectivity index is 1.27. The largest absolute Gasteiger partial charge is 0.372 e. The molecule has 0 aliphatic carbocycles. The van der Waals surface area contributed by atoms with E-state index in [4.69, 9.17) is 0 Å². The van der Waals surface area contributed by atoms with Crippen LogP contribution in [0.4, 0.5) is 22.9 Å². The van der Waals surface area contributed by atoms with Crippen LogP contribution in [0.25, 0.3) is 0 Å². The first-order valence-corrected chi connectivity index (χ1v) is 10.6. The number of amides is 1. The van der Waals surface area contributed by atoms with Crippen molar-refractivity contribution >= 4 is 28.8 Å². The molecule has 0 bridgehead atoms. The molecular weight excluding hydrogens is 374 g/mol. The third-order valence-electron chi connectivity index (χ3n) is 5.84. The van der Waals surface area contributed by atoms with Gasteiger partial charge in [0.2, 0.25) is 0 Å². The standard InChI is InChI=1S/C24H25N5O/c30-24(29-15-5-7-18-6-1-2-8-22(18)29)21-16-26-23(17-25-21)27-19-9-11-20(12-10-19)28-13-3-4-14-28/h1-2,6,8-12,16-17H,3-5,7,13-15H2,(H,26,27). The van der Waals surface area contributed by atoms with E-state index in [-0.39, 0.29) is 5.91 Å². The smallest absolute Gasteiger partial charge is 0.278 e. The van der Waals surface area contributed by atoms with Gasteiger partial charge >= 0.3 is 0 Å². The molecule has 152 valence electrons. The van der Waals surface area contributed by atoms with E-state index in [1.165, 1.54) is 24.1 Å². The van der Waals surface area contributed by atoms with Crippen molar-refractivity contribution < 1.29 is 4.79 Å². The summed E-state index contributed by atoms with van der Waals surface area (Å²) in [5.74, 6) is 0.524. The van der Waals surface area contributed by atoms with Crippen molar-refractivity contribution in [2.75, 3.05) is 34.8 Å². The minimum atomic E-state index is -0.101. The summed E-state index contributed by atoms with van der Waals surface area (Å²) in [6.45, 7) is 2.98. The van der Waals surface area contributed by atoms with Gasteiger partial charge in [-0.05, 0) is 61.6 Å². The Kier molecular flexibility index (Phi) is 5.05. The summed E-state index contributed by atoms with van der Waals surface area (Å²) in [6.07, 6.45) is 7.68. The summed E-state index contributed by atoms with van der Waals surface area (Å²) >= 11 is 0. The van der Waals surface area contributed by atoms with E-state index in [0.717, 1.165) is 37.3 Å². The van der Waals surface area contributed by atoms with E-state index >= 15 is 0 Å². The van der Waals surface area contributed by atoms with Crippen LogP contribution in [0.15, 0.2) is 60.9 Å². The summed E-state index contributed by atoms with van der Waals surface area (Å²) in [5, 5.41) is 3.27. The van der Waals surface area contributed by atoms with Gasteiger partial charge in [-0.15, -0.1) is 0 Å². The van der Waals surface area contributed by atoms with Crippen LogP contribution in [-0.4, -0.2) is 35.5 Å². The second-order valence-electron chi connectivity index (χ2n) is 7.84. The molecule has 0 saturated carbocycles. The van der Waals surface area contributed by atoms with Crippen LogP contribution < -0.4 is 15.1 Å². The van der Waals surface area contributed by atoms with Gasteiger partial charge in [0.25, 0.3) is 5.91 Å². The number of rotatable bonds is 4. The highest BCUT2D eigenvalue weighted by Gasteiger charge is 2.24. The van der Waals surface area contributed by atoms with Gasteiger partial charge in [-0.1, -0.05) is 18.2 Å². The van der Waals surface area contributed by atoms with Crippen LogP contribution in [-0.2, 0) is 6.42 Å². The van der Waals surface area contributed by atoms with Gasteiger partial charge in [0.15, 0.2) is 0 Å². The molecule has 1 saturated heterocycles. The van der Waals surface area contributed by atoms with Crippen molar-refractivity contribution in [3.63, 3.8) is 0 Å². The second kappa shape index (κ2) is 8.14. The van der Waals surface area contributed by atoms with Crippen molar-refractivity contribution in [3.05, 3.63) is 72.2 Å². The van der Waals surface area contributed by atoms with Crippen LogP contribution in [0.1, 0.15) is 35.3 Å². The molecule has 5 rings (SSSR count). The highest BCUT2D eigenvalue weighted by Crippen LogP contribution is 2.28. The van der Waals surface area contributed by atoms with Crippen LogP contribution in [0.2, 0.25) is 0 Å². The lowest BCUT2D eigenvalue weighted by molar-refractivity contribution is 0.0980. The van der Waals surface area contributed by atoms with Gasteiger partial charge in [0, 0.05) is 36.7 Å². The molecule has 1 amide bonds. The number of carbonyl (C=O) groups excluding carboxylic acids is 1. The SMILES string of the molecule is O=C(c1cnc(Nc2ccc(N3CCCC3)cc2)cn1)N1CCCc2ccccc21. The number of aryl methyl sites for hydroxylation is 1. The van der Waals surface area contributed by atoms with Crippen molar-refractivity contribution in [2.24, 2.45) is 0 Å². The number of fused-ring (bicyclic) bond motifs is 1. The fourth-order valence-corrected chi connectivity index (χ4v) is 4.26. The summed E-state index contributed by atoms with van der Waals surface area (Å²) in [7, 11) is 0. The third-order valence-corrected chi connectivity index (χ3v) is 5.84. The summed E-state index contributed by atoms with van der Waals surface area (Å²) in [5.41, 5.74) is 4.77. The number of hydrogen-bond acceptors (Lipinski definition) is 5. The first kappa shape index (κ1) is 18.6. The van der Waals surface area contributed by atoms with Crippen LogP contribution in [0, 0.1) is 0 Å². The van der Waals surface area contributed by atoms with Crippen molar-refractivity contribution in [1.82, 2.24) is 9.97 Å². The number of aromatic nitrogens is 2. The first-order valence-electron chi connectivity index (χ1n) is 10.6. The molecule has 1 N–H and O–H groups in total. The lowest BCUT2D eigenvalue weighted by atomic mass is 10.0. The van der Waals surface area contributed by atoms with E-state index in [1.54, 1.807) is 12.4 Å². The quantitative estimate of drug-likeness (QED) is 0.704. The van der Waals surface area contributed by atoms with Gasteiger partial charge in [-0.2, -0.15) is 0 Å². The Labute approximate surface area is 176 Å². The highest BCUT2D eigenvalue weighted by atomic mass is 16.2. The van der Waals surface area contributed by atoms with Crippen molar-refractivity contribution in [2.45, 2.75) is 25.7 Å². The maximum Gasteiger partial charge on any atom is 0.278 e. The van der Waals surface area contributed by atoms with E-state index < -0.39 is 0 Å². The van der Waals surface area contributed by atoms with Crippen molar-refractivity contribution in [1.29, 1.82) is 0 Å². The first-order chi connectivity index (χ1) is 14.8. The summed E-state index contributed by atoms with van der Waals surface area (Å²) in [4.78, 5) is 26.0. The zero-order valence-electron chi connectivity index (χ0n) is 16.9. The van der Waals surface area contributed by atoms with Gasteiger partial charge in [-0.3, -0.25) is 4.79 Å². The number of anilines is 4. The maximum atomic E-state index is 13.0. The molecule has 0 unspecified atom stereocenters. The van der Waals surface area contributed by atoms with Crippen molar-refractivity contribution in [3.8, 4) is 0 Å². The Hall–Kier alpha value is -3.41. The molecule has 3 aromatic rings. The Bertz CT molecular complexity index is 1030. The lowest BCUT2D eigenvalue weighted by Crippen LogP contribution is -2.36. The monoisotopic (exact) mass is 399 g/mol. The van der Waals surface area contributed by atoms with E-state index in [2.05, 4.69) is 50.5 Å². The predicted molar refractivity (Wildman–Crippen MR) is 120 cm³/mol. The average Bonchev–Trinajstić information content (AvgIpc) is 3.34.